The summed E-state index contributed by atoms with van der Waals surface area (Å²) >= 11 is 0. The lowest BCUT2D eigenvalue weighted by Crippen LogP contribution is -2.52. The van der Waals surface area contributed by atoms with Crippen LogP contribution >= 0.6 is 0 Å². The maximum absolute atomic E-state index is 12.9. The number of amides is 1. The Morgan fingerprint density at radius 1 is 1.14 bits per heavy atom. The third kappa shape index (κ3) is 2.99. The van der Waals surface area contributed by atoms with E-state index in [4.69, 9.17) is 0 Å². The predicted molar refractivity (Wildman–Crippen MR) is 77.2 cm³/mol. The minimum absolute atomic E-state index is 0.00461. The molecular weight excluding hydrogens is 293 g/mol. The molecule has 2 unspecified atom stereocenters. The maximum atomic E-state index is 12.9. The van der Waals surface area contributed by atoms with Crippen molar-refractivity contribution in [1.29, 1.82) is 0 Å². The number of carbonyl (C=O) groups excluding carboxylic acids is 1. The van der Waals surface area contributed by atoms with Gasteiger partial charge < -0.3 is 10.6 Å². The van der Waals surface area contributed by atoms with Gasteiger partial charge in [-0.15, -0.1) is 0 Å². The van der Waals surface area contributed by atoms with Crippen molar-refractivity contribution >= 4 is 5.91 Å². The number of carbonyl (C=O) groups is 1. The largest absolute Gasteiger partial charge is 0.391 e. The lowest BCUT2D eigenvalue weighted by Gasteiger charge is -2.39. The van der Waals surface area contributed by atoms with E-state index in [1.807, 2.05) is 0 Å². The summed E-state index contributed by atoms with van der Waals surface area (Å²) < 4.78 is 38.7. The van der Waals surface area contributed by atoms with Gasteiger partial charge in [-0.05, 0) is 44.6 Å². The van der Waals surface area contributed by atoms with Gasteiger partial charge in [-0.1, -0.05) is 19.3 Å². The van der Waals surface area contributed by atoms with Gasteiger partial charge in [0, 0.05) is 12.6 Å². The van der Waals surface area contributed by atoms with Crippen molar-refractivity contribution in [3.63, 3.8) is 0 Å². The Hall–Kier alpha value is -0.780. The van der Waals surface area contributed by atoms with E-state index in [1.54, 1.807) is 0 Å². The average molecular weight is 318 g/mol. The van der Waals surface area contributed by atoms with Crippen LogP contribution in [0.1, 0.15) is 51.4 Å². The molecular formula is C16H25F3N2O. The zero-order valence-electron chi connectivity index (χ0n) is 12.8. The minimum atomic E-state index is -4.13. The normalized spacial score (nSPS) is 39.3. The van der Waals surface area contributed by atoms with Crippen molar-refractivity contribution in [2.75, 3.05) is 13.1 Å². The first-order valence-corrected chi connectivity index (χ1v) is 8.50. The third-order valence-electron chi connectivity index (χ3n) is 5.96. The van der Waals surface area contributed by atoms with Crippen LogP contribution in [0.3, 0.4) is 0 Å². The zero-order valence-corrected chi connectivity index (χ0v) is 12.8. The van der Waals surface area contributed by atoms with Crippen LogP contribution in [0.15, 0.2) is 0 Å². The maximum Gasteiger partial charge on any atom is 0.391 e. The van der Waals surface area contributed by atoms with Gasteiger partial charge in [-0.3, -0.25) is 4.79 Å². The molecule has 0 radical (unpaired) electrons. The smallest absolute Gasteiger partial charge is 0.353 e. The fourth-order valence-corrected chi connectivity index (χ4v) is 4.64. The first kappa shape index (κ1) is 16.1. The number of rotatable bonds is 2. The first-order chi connectivity index (χ1) is 10.4. The van der Waals surface area contributed by atoms with E-state index in [2.05, 4.69) is 10.6 Å². The van der Waals surface area contributed by atoms with E-state index >= 15 is 0 Å². The number of hydrogen-bond donors (Lipinski definition) is 2. The van der Waals surface area contributed by atoms with Crippen LogP contribution in [0.2, 0.25) is 0 Å². The summed E-state index contributed by atoms with van der Waals surface area (Å²) in [6, 6.07) is -0.314. The third-order valence-corrected chi connectivity index (χ3v) is 5.96. The number of nitrogens with one attached hydrogen (secondary N) is 2. The molecule has 3 fully saturated rings. The highest BCUT2D eigenvalue weighted by atomic mass is 19.4. The minimum Gasteiger partial charge on any atom is -0.353 e. The van der Waals surface area contributed by atoms with Crippen LogP contribution in [0, 0.1) is 17.3 Å². The molecule has 1 saturated heterocycles. The Morgan fingerprint density at radius 3 is 2.73 bits per heavy atom. The van der Waals surface area contributed by atoms with Crippen LogP contribution in [0.4, 0.5) is 13.2 Å². The van der Waals surface area contributed by atoms with Crippen LogP contribution in [0.25, 0.3) is 0 Å². The van der Waals surface area contributed by atoms with E-state index in [-0.39, 0.29) is 30.2 Å². The second kappa shape index (κ2) is 6.02. The topological polar surface area (TPSA) is 41.1 Å². The fraction of sp³-hybridized carbons (Fsp3) is 0.938. The van der Waals surface area contributed by atoms with Gasteiger partial charge in [-0.2, -0.15) is 13.2 Å². The van der Waals surface area contributed by atoms with Gasteiger partial charge >= 0.3 is 6.18 Å². The monoisotopic (exact) mass is 318 g/mol. The van der Waals surface area contributed by atoms with E-state index in [9.17, 15) is 18.0 Å². The molecule has 6 heteroatoms. The summed E-state index contributed by atoms with van der Waals surface area (Å²) in [7, 11) is 0. The standard InChI is InChI=1S/C16H25F3N2O/c17-16(18,19)11-5-3-6-13(8-11)21-14(22)15-7-2-1-4-12(15)9-20-10-15/h11-13,20H,1-10H2,(H,21,22)/t11?,12-,13?,15+/m0/s1. The van der Waals surface area contributed by atoms with Crippen molar-refractivity contribution in [3.8, 4) is 0 Å². The molecule has 2 aliphatic carbocycles. The van der Waals surface area contributed by atoms with Gasteiger partial charge in [0.05, 0.1) is 11.3 Å². The van der Waals surface area contributed by atoms with Crippen molar-refractivity contribution in [2.45, 2.75) is 63.6 Å². The Kier molecular flexibility index (Phi) is 4.40. The van der Waals surface area contributed by atoms with Gasteiger partial charge in [0.2, 0.25) is 5.91 Å². The number of halogens is 3. The fourth-order valence-electron chi connectivity index (χ4n) is 4.64. The summed E-state index contributed by atoms with van der Waals surface area (Å²) in [4.78, 5) is 12.8. The van der Waals surface area contributed by atoms with E-state index in [0.29, 0.717) is 25.3 Å². The average Bonchev–Trinajstić information content (AvgIpc) is 2.92. The van der Waals surface area contributed by atoms with Gasteiger partial charge in [-0.25, -0.2) is 0 Å². The summed E-state index contributed by atoms with van der Waals surface area (Å²) in [6.45, 7) is 1.54. The van der Waals surface area contributed by atoms with Gasteiger partial charge in [0.25, 0.3) is 0 Å². The van der Waals surface area contributed by atoms with Crippen LogP contribution in [0.5, 0.6) is 0 Å². The van der Waals surface area contributed by atoms with Crippen LogP contribution in [-0.2, 0) is 4.79 Å². The molecule has 1 aliphatic heterocycles. The van der Waals surface area contributed by atoms with Crippen LogP contribution < -0.4 is 10.6 Å². The molecule has 0 bridgehead atoms. The van der Waals surface area contributed by atoms with Crippen molar-refractivity contribution < 1.29 is 18.0 Å². The first-order valence-electron chi connectivity index (χ1n) is 8.50. The molecule has 126 valence electrons. The Bertz CT molecular complexity index is 426. The van der Waals surface area contributed by atoms with E-state index in [0.717, 1.165) is 32.2 Å². The Balaban J connectivity index is 1.64. The second-order valence-corrected chi connectivity index (χ2v) is 7.31. The molecule has 1 amide bonds. The van der Waals surface area contributed by atoms with Gasteiger partial charge in [0.1, 0.15) is 0 Å². The highest BCUT2D eigenvalue weighted by molar-refractivity contribution is 5.84. The highest BCUT2D eigenvalue weighted by Gasteiger charge is 2.50. The molecule has 3 nitrogen and oxygen atoms in total. The summed E-state index contributed by atoms with van der Waals surface area (Å²) in [5.41, 5.74) is -0.372. The lowest BCUT2D eigenvalue weighted by molar-refractivity contribution is -0.184. The molecule has 22 heavy (non-hydrogen) atoms. The van der Waals surface area contributed by atoms with E-state index in [1.165, 1.54) is 0 Å². The molecule has 2 saturated carbocycles. The molecule has 0 aromatic carbocycles. The van der Waals surface area contributed by atoms with Crippen molar-refractivity contribution in [1.82, 2.24) is 10.6 Å². The summed E-state index contributed by atoms with van der Waals surface area (Å²) in [6.07, 6.45) is 1.44. The molecule has 1 heterocycles. The highest BCUT2D eigenvalue weighted by Crippen LogP contribution is 2.44. The zero-order chi connectivity index (χ0) is 15.8. The summed E-state index contributed by atoms with van der Waals surface area (Å²) in [5.74, 6) is -0.911. The van der Waals surface area contributed by atoms with Gasteiger partial charge in [0.15, 0.2) is 0 Å². The van der Waals surface area contributed by atoms with Crippen molar-refractivity contribution in [3.05, 3.63) is 0 Å². The molecule has 4 atom stereocenters. The molecule has 0 aromatic heterocycles. The lowest BCUT2D eigenvalue weighted by atomic mass is 9.67. The number of fused-ring (bicyclic) bond motifs is 1. The predicted octanol–water partition coefficient (Wildman–Crippen LogP) is 3.00. The molecule has 3 aliphatic rings. The Labute approximate surface area is 129 Å². The van der Waals surface area contributed by atoms with Crippen molar-refractivity contribution in [2.24, 2.45) is 17.3 Å². The molecule has 3 rings (SSSR count). The summed E-state index contributed by atoms with van der Waals surface area (Å²) in [5, 5.41) is 6.29. The second-order valence-electron chi connectivity index (χ2n) is 7.31. The Morgan fingerprint density at radius 2 is 1.95 bits per heavy atom. The molecule has 0 spiro atoms. The number of hydrogen-bond acceptors (Lipinski definition) is 2. The quantitative estimate of drug-likeness (QED) is 0.822. The van der Waals surface area contributed by atoms with Crippen LogP contribution in [-0.4, -0.2) is 31.2 Å². The van der Waals surface area contributed by atoms with E-state index < -0.39 is 12.1 Å². The SMILES string of the molecule is O=C(NC1CCCC(C(F)(F)F)C1)[C@@]12CCCC[C@H]1CNC2. The molecule has 2 N–H and O–H groups in total. The molecule has 0 aromatic rings. The number of alkyl halides is 3.